The van der Waals surface area contributed by atoms with Crippen LogP contribution in [0.2, 0.25) is 5.02 Å². The number of nitrogens with one attached hydrogen (secondary N) is 1. The van der Waals surface area contributed by atoms with E-state index in [0.29, 0.717) is 17.3 Å². The number of aromatic nitrogens is 1. The maximum absolute atomic E-state index is 13.0. The van der Waals surface area contributed by atoms with Crippen molar-refractivity contribution in [1.82, 2.24) is 9.47 Å². The Balaban J connectivity index is 1.66. The number of fused-ring (bicyclic) bond motifs is 1. The lowest BCUT2D eigenvalue weighted by Gasteiger charge is -2.37. The summed E-state index contributed by atoms with van der Waals surface area (Å²) >= 11 is 6.02. The molecule has 0 saturated heterocycles. The molecule has 0 unspecified atom stereocenters. The normalized spacial score (nSPS) is 16.4. The van der Waals surface area contributed by atoms with Crippen LogP contribution in [-0.2, 0) is 6.54 Å². The molecule has 4 nitrogen and oxygen atoms in total. The van der Waals surface area contributed by atoms with Crippen molar-refractivity contribution in [3.05, 3.63) is 89.2 Å². The van der Waals surface area contributed by atoms with Crippen molar-refractivity contribution in [1.29, 1.82) is 0 Å². The van der Waals surface area contributed by atoms with Crippen molar-refractivity contribution in [3.63, 3.8) is 0 Å². The number of carbonyl (C=O) groups excluding carboxylic acids is 1. The predicted molar refractivity (Wildman–Crippen MR) is 99.9 cm³/mol. The SMILES string of the molecule is O=C(Nc1cccc(Cl)c1)N1CCn2cccc2[C@H]1c1ccccc1. The maximum atomic E-state index is 13.0. The number of rotatable bonds is 2. The molecule has 5 heteroatoms. The molecule has 4 rings (SSSR count). The van der Waals surface area contributed by atoms with Crippen LogP contribution in [0.15, 0.2) is 72.9 Å². The molecule has 0 saturated carbocycles. The minimum atomic E-state index is -0.122. The highest BCUT2D eigenvalue weighted by Gasteiger charge is 2.32. The van der Waals surface area contributed by atoms with Crippen molar-refractivity contribution < 1.29 is 4.79 Å². The Bertz CT molecular complexity index is 891. The van der Waals surface area contributed by atoms with Gasteiger partial charge in [-0.25, -0.2) is 4.79 Å². The minimum absolute atomic E-state index is 0.107. The Morgan fingerprint density at radius 1 is 1.00 bits per heavy atom. The molecule has 25 heavy (non-hydrogen) atoms. The summed E-state index contributed by atoms with van der Waals surface area (Å²) in [6.07, 6.45) is 2.07. The summed E-state index contributed by atoms with van der Waals surface area (Å²) in [6.45, 7) is 1.43. The number of benzene rings is 2. The van der Waals surface area contributed by atoms with E-state index >= 15 is 0 Å². The summed E-state index contributed by atoms with van der Waals surface area (Å²) in [4.78, 5) is 14.8. The van der Waals surface area contributed by atoms with E-state index in [2.05, 4.69) is 34.3 Å². The summed E-state index contributed by atoms with van der Waals surface area (Å²) in [5.41, 5.74) is 2.92. The molecule has 0 spiro atoms. The summed E-state index contributed by atoms with van der Waals surface area (Å²) < 4.78 is 2.21. The fourth-order valence-electron chi connectivity index (χ4n) is 3.35. The quantitative estimate of drug-likeness (QED) is 0.709. The molecule has 1 atom stereocenters. The van der Waals surface area contributed by atoms with Gasteiger partial charge in [-0.2, -0.15) is 0 Å². The second-order valence-electron chi connectivity index (χ2n) is 6.07. The molecule has 2 aromatic carbocycles. The second kappa shape index (κ2) is 6.65. The van der Waals surface area contributed by atoms with Crippen molar-refractivity contribution in [2.45, 2.75) is 12.6 Å². The van der Waals surface area contributed by atoms with Gasteiger partial charge in [0.05, 0.1) is 6.04 Å². The smallest absolute Gasteiger partial charge is 0.322 e. The molecular weight excluding hydrogens is 334 g/mol. The molecule has 0 bridgehead atoms. The fraction of sp³-hybridized carbons (Fsp3) is 0.150. The Morgan fingerprint density at radius 2 is 1.84 bits per heavy atom. The molecule has 0 radical (unpaired) electrons. The highest BCUT2D eigenvalue weighted by molar-refractivity contribution is 6.30. The number of amides is 2. The van der Waals surface area contributed by atoms with Crippen LogP contribution in [0.5, 0.6) is 0 Å². The summed E-state index contributed by atoms with van der Waals surface area (Å²) in [6, 6.07) is 21.2. The fourth-order valence-corrected chi connectivity index (χ4v) is 3.54. The number of nitrogens with zero attached hydrogens (tertiary/aromatic N) is 2. The average molecular weight is 352 g/mol. The summed E-state index contributed by atoms with van der Waals surface area (Å²) in [7, 11) is 0. The monoisotopic (exact) mass is 351 g/mol. The van der Waals surface area contributed by atoms with E-state index in [1.165, 1.54) is 0 Å². The standard InChI is InChI=1S/C20H18ClN3O/c21-16-8-4-9-17(14-16)22-20(25)24-13-12-23-11-5-10-18(23)19(24)15-6-2-1-3-7-15/h1-11,14,19H,12-13H2,(H,22,25)/t19-/m1/s1. The van der Waals surface area contributed by atoms with Crippen LogP contribution < -0.4 is 5.32 Å². The first-order valence-corrected chi connectivity index (χ1v) is 8.63. The summed E-state index contributed by atoms with van der Waals surface area (Å²) in [5, 5.41) is 3.57. The van der Waals surface area contributed by atoms with Gasteiger partial charge in [-0.3, -0.25) is 0 Å². The molecule has 0 fully saturated rings. The lowest BCUT2D eigenvalue weighted by molar-refractivity contribution is 0.182. The van der Waals surface area contributed by atoms with Gasteiger partial charge in [-0.1, -0.05) is 48.0 Å². The van der Waals surface area contributed by atoms with Crippen LogP contribution in [0.3, 0.4) is 0 Å². The lowest BCUT2D eigenvalue weighted by Crippen LogP contribution is -2.44. The van der Waals surface area contributed by atoms with Gasteiger partial charge in [0.15, 0.2) is 0 Å². The number of hydrogen-bond donors (Lipinski definition) is 1. The van der Waals surface area contributed by atoms with E-state index in [1.54, 1.807) is 12.1 Å². The Hall–Kier alpha value is -2.72. The zero-order valence-corrected chi connectivity index (χ0v) is 14.4. The highest BCUT2D eigenvalue weighted by Crippen LogP contribution is 2.32. The van der Waals surface area contributed by atoms with E-state index < -0.39 is 0 Å². The van der Waals surface area contributed by atoms with E-state index in [4.69, 9.17) is 11.6 Å². The van der Waals surface area contributed by atoms with Crippen LogP contribution >= 0.6 is 11.6 Å². The van der Waals surface area contributed by atoms with Gasteiger partial charge in [0.25, 0.3) is 0 Å². The topological polar surface area (TPSA) is 37.3 Å². The van der Waals surface area contributed by atoms with Crippen LogP contribution in [-0.4, -0.2) is 22.0 Å². The van der Waals surface area contributed by atoms with E-state index in [9.17, 15) is 4.79 Å². The molecule has 3 aromatic rings. The van der Waals surface area contributed by atoms with Crippen LogP contribution in [0.4, 0.5) is 10.5 Å². The third-order valence-electron chi connectivity index (χ3n) is 4.49. The largest absolute Gasteiger partial charge is 0.348 e. The van der Waals surface area contributed by atoms with E-state index in [0.717, 1.165) is 17.8 Å². The van der Waals surface area contributed by atoms with Crippen molar-refractivity contribution in [3.8, 4) is 0 Å². The lowest BCUT2D eigenvalue weighted by atomic mass is 10.0. The van der Waals surface area contributed by atoms with Crippen LogP contribution in [0.1, 0.15) is 17.3 Å². The van der Waals surface area contributed by atoms with Gasteiger partial charge < -0.3 is 14.8 Å². The Kier molecular flexibility index (Phi) is 4.20. The molecule has 1 N–H and O–H groups in total. The highest BCUT2D eigenvalue weighted by atomic mass is 35.5. The van der Waals surface area contributed by atoms with Gasteiger partial charge in [0.2, 0.25) is 0 Å². The first-order chi connectivity index (χ1) is 12.2. The van der Waals surface area contributed by atoms with Crippen molar-refractivity contribution >= 4 is 23.3 Å². The zero-order chi connectivity index (χ0) is 17.2. The number of hydrogen-bond acceptors (Lipinski definition) is 1. The third-order valence-corrected chi connectivity index (χ3v) is 4.73. The first kappa shape index (κ1) is 15.8. The van der Waals surface area contributed by atoms with Crippen molar-refractivity contribution in [2.24, 2.45) is 0 Å². The van der Waals surface area contributed by atoms with E-state index in [-0.39, 0.29) is 12.1 Å². The maximum Gasteiger partial charge on any atom is 0.322 e. The molecule has 0 aliphatic carbocycles. The molecule has 1 aliphatic heterocycles. The molecule has 1 aromatic heterocycles. The molecule has 2 amide bonds. The zero-order valence-electron chi connectivity index (χ0n) is 13.6. The van der Waals surface area contributed by atoms with Gasteiger partial charge in [0, 0.05) is 35.7 Å². The first-order valence-electron chi connectivity index (χ1n) is 8.25. The van der Waals surface area contributed by atoms with Crippen molar-refractivity contribution in [2.75, 3.05) is 11.9 Å². The predicted octanol–water partition coefficient (Wildman–Crippen LogP) is 4.78. The molecule has 126 valence electrons. The van der Waals surface area contributed by atoms with Crippen LogP contribution in [0.25, 0.3) is 0 Å². The Labute approximate surface area is 151 Å². The van der Waals surface area contributed by atoms with Gasteiger partial charge in [-0.05, 0) is 35.9 Å². The summed E-state index contributed by atoms with van der Waals surface area (Å²) in [5.74, 6) is 0. The second-order valence-corrected chi connectivity index (χ2v) is 6.51. The molecule has 2 heterocycles. The van der Waals surface area contributed by atoms with Gasteiger partial charge >= 0.3 is 6.03 Å². The minimum Gasteiger partial charge on any atom is -0.348 e. The molecule has 1 aliphatic rings. The van der Waals surface area contributed by atoms with Gasteiger partial charge in [-0.15, -0.1) is 0 Å². The van der Waals surface area contributed by atoms with E-state index in [1.807, 2.05) is 41.3 Å². The Morgan fingerprint density at radius 3 is 2.64 bits per heavy atom. The third kappa shape index (κ3) is 3.13. The van der Waals surface area contributed by atoms with Crippen LogP contribution in [0, 0.1) is 0 Å². The number of carbonyl (C=O) groups is 1. The van der Waals surface area contributed by atoms with Gasteiger partial charge in [0.1, 0.15) is 0 Å². The number of halogens is 1. The number of urea groups is 1. The molecular formula is C20H18ClN3O. The number of anilines is 1. The average Bonchev–Trinajstić information content (AvgIpc) is 3.10.